The third-order valence-corrected chi connectivity index (χ3v) is 6.90. The van der Waals surface area contributed by atoms with Gasteiger partial charge in [-0.25, -0.2) is 0 Å². The Balaban J connectivity index is 4.14. The maximum absolute atomic E-state index is 8.56. The minimum atomic E-state index is -0.747. The minimum absolute atomic E-state index is 0.747. The van der Waals surface area contributed by atoms with E-state index < -0.39 is 8.80 Å². The van der Waals surface area contributed by atoms with Gasteiger partial charge in [0.2, 0.25) is 0 Å². The van der Waals surface area contributed by atoms with Crippen molar-refractivity contribution in [2.75, 3.05) is 0 Å². The molecule has 0 rings (SSSR count). The summed E-state index contributed by atoms with van der Waals surface area (Å²) < 4.78 is 0. The van der Waals surface area contributed by atoms with E-state index in [0.717, 1.165) is 22.8 Å². The topological polar surface area (TPSA) is 32.6 Å². The highest BCUT2D eigenvalue weighted by molar-refractivity contribution is 6.65. The van der Waals surface area contributed by atoms with Gasteiger partial charge in [-0.15, -0.1) is 0 Å². The van der Waals surface area contributed by atoms with Crippen molar-refractivity contribution in [2.24, 2.45) is 5.16 Å². The summed E-state index contributed by atoms with van der Waals surface area (Å²) in [6.07, 6.45) is 0. The molecule has 3 heteroatoms. The van der Waals surface area contributed by atoms with Gasteiger partial charge in [-0.3, -0.25) is 0 Å². The molecule has 12 heavy (non-hydrogen) atoms. The van der Waals surface area contributed by atoms with E-state index in [4.69, 9.17) is 5.21 Å². The number of hydrogen-bond acceptors (Lipinski definition) is 2. The van der Waals surface area contributed by atoms with E-state index in [9.17, 15) is 0 Å². The van der Waals surface area contributed by atoms with Crippen molar-refractivity contribution in [2.45, 2.75) is 51.7 Å². The van der Waals surface area contributed by atoms with Crippen LogP contribution in [0.1, 0.15) is 34.6 Å². The molecule has 0 fully saturated rings. The third-order valence-electron chi connectivity index (χ3n) is 2.41. The summed E-state index contributed by atoms with van der Waals surface area (Å²) in [5, 5.41) is 11.8. The SMILES string of the molecule is CC(C[SiH](C(C)C)C(C)C)=NO. The molecule has 2 nitrogen and oxygen atoms in total. The van der Waals surface area contributed by atoms with E-state index in [2.05, 4.69) is 32.9 Å². The van der Waals surface area contributed by atoms with Gasteiger partial charge in [-0.1, -0.05) is 43.9 Å². The molecule has 0 unspecified atom stereocenters. The fourth-order valence-corrected chi connectivity index (χ4v) is 4.87. The van der Waals surface area contributed by atoms with Gasteiger partial charge < -0.3 is 5.21 Å². The van der Waals surface area contributed by atoms with Crippen LogP contribution in [0.15, 0.2) is 5.16 Å². The first-order chi connectivity index (χ1) is 5.49. The predicted octanol–water partition coefficient (Wildman–Crippen LogP) is 2.88. The molecule has 0 aliphatic rings. The van der Waals surface area contributed by atoms with E-state index in [-0.39, 0.29) is 0 Å². The van der Waals surface area contributed by atoms with Gasteiger partial charge in [0.1, 0.15) is 0 Å². The van der Waals surface area contributed by atoms with Crippen LogP contribution < -0.4 is 0 Å². The Kier molecular flexibility index (Phi) is 5.21. The highest BCUT2D eigenvalue weighted by atomic mass is 28.3. The molecule has 0 saturated carbocycles. The first-order valence-electron chi connectivity index (χ1n) is 4.66. The van der Waals surface area contributed by atoms with E-state index >= 15 is 0 Å². The van der Waals surface area contributed by atoms with E-state index in [1.165, 1.54) is 0 Å². The molecular formula is C9H21NOSi. The van der Waals surface area contributed by atoms with Crippen LogP contribution in [-0.2, 0) is 0 Å². The van der Waals surface area contributed by atoms with E-state index in [1.807, 2.05) is 6.92 Å². The van der Waals surface area contributed by atoms with Crippen LogP contribution in [0.4, 0.5) is 0 Å². The molecule has 0 saturated heterocycles. The molecule has 0 atom stereocenters. The highest BCUT2D eigenvalue weighted by Crippen LogP contribution is 2.23. The van der Waals surface area contributed by atoms with Crippen molar-refractivity contribution in [1.82, 2.24) is 0 Å². The zero-order valence-corrected chi connectivity index (χ0v) is 9.99. The summed E-state index contributed by atoms with van der Waals surface area (Å²) in [6, 6.07) is 1.05. The minimum Gasteiger partial charge on any atom is -0.411 e. The fraction of sp³-hybridized carbons (Fsp3) is 0.889. The van der Waals surface area contributed by atoms with Crippen LogP contribution in [-0.4, -0.2) is 19.7 Å². The van der Waals surface area contributed by atoms with Gasteiger partial charge >= 0.3 is 0 Å². The summed E-state index contributed by atoms with van der Waals surface area (Å²) >= 11 is 0. The summed E-state index contributed by atoms with van der Waals surface area (Å²) in [6.45, 7) is 11.0. The monoisotopic (exact) mass is 187 g/mol. The Hall–Kier alpha value is -0.313. The lowest BCUT2D eigenvalue weighted by molar-refractivity contribution is 0.318. The van der Waals surface area contributed by atoms with Crippen molar-refractivity contribution in [3.63, 3.8) is 0 Å². The zero-order valence-electron chi connectivity index (χ0n) is 8.83. The summed E-state index contributed by atoms with van der Waals surface area (Å²) in [5.41, 5.74) is 2.48. The zero-order chi connectivity index (χ0) is 9.72. The molecular weight excluding hydrogens is 166 g/mol. The second-order valence-electron chi connectivity index (χ2n) is 4.19. The molecule has 0 spiro atoms. The van der Waals surface area contributed by atoms with E-state index in [0.29, 0.717) is 0 Å². The molecule has 0 aromatic carbocycles. The summed E-state index contributed by atoms with van der Waals surface area (Å²) in [5.74, 6) is 0. The highest BCUT2D eigenvalue weighted by Gasteiger charge is 2.19. The second kappa shape index (κ2) is 5.35. The van der Waals surface area contributed by atoms with Crippen molar-refractivity contribution in [3.8, 4) is 0 Å². The molecule has 0 aromatic heterocycles. The van der Waals surface area contributed by atoms with Crippen molar-refractivity contribution >= 4 is 14.5 Å². The van der Waals surface area contributed by atoms with Crippen LogP contribution in [0.2, 0.25) is 17.1 Å². The Morgan fingerprint density at radius 2 is 1.67 bits per heavy atom. The molecule has 0 bridgehead atoms. The summed E-state index contributed by atoms with van der Waals surface area (Å²) in [4.78, 5) is 0. The van der Waals surface area contributed by atoms with Crippen LogP contribution in [0, 0.1) is 0 Å². The Bertz CT molecular complexity index is 147. The Morgan fingerprint density at radius 3 is 1.92 bits per heavy atom. The van der Waals surface area contributed by atoms with Gasteiger partial charge in [-0.2, -0.15) is 0 Å². The number of oxime groups is 1. The lowest BCUT2D eigenvalue weighted by Gasteiger charge is -2.22. The molecule has 0 aromatic rings. The maximum Gasteiger partial charge on any atom is 0.0511 e. The molecule has 72 valence electrons. The maximum atomic E-state index is 8.56. The van der Waals surface area contributed by atoms with E-state index in [1.54, 1.807) is 0 Å². The standard InChI is InChI=1S/C9H21NOSi/c1-7(2)12(8(3)4)6-9(5)10-11/h7-8,11-12H,6H2,1-5H3. The number of nitrogens with zero attached hydrogens (tertiary/aromatic N) is 1. The van der Waals surface area contributed by atoms with Crippen molar-refractivity contribution < 1.29 is 5.21 Å². The van der Waals surface area contributed by atoms with Gasteiger partial charge in [0.25, 0.3) is 0 Å². The van der Waals surface area contributed by atoms with Crippen molar-refractivity contribution in [3.05, 3.63) is 0 Å². The third kappa shape index (κ3) is 3.90. The lowest BCUT2D eigenvalue weighted by Crippen LogP contribution is -2.23. The molecule has 0 heterocycles. The average Bonchev–Trinajstić information content (AvgIpc) is 1.98. The predicted molar refractivity (Wildman–Crippen MR) is 57.0 cm³/mol. The lowest BCUT2D eigenvalue weighted by atomic mass is 10.5. The first-order valence-corrected chi connectivity index (χ1v) is 6.81. The van der Waals surface area contributed by atoms with Crippen LogP contribution in [0.3, 0.4) is 0 Å². The molecule has 0 aliphatic carbocycles. The molecule has 0 aliphatic heterocycles. The first kappa shape index (κ1) is 11.7. The number of rotatable bonds is 4. The molecule has 1 N–H and O–H groups in total. The van der Waals surface area contributed by atoms with Gasteiger partial charge in [0.15, 0.2) is 0 Å². The Labute approximate surface area is 77.3 Å². The van der Waals surface area contributed by atoms with Gasteiger partial charge in [0.05, 0.1) is 5.71 Å². The smallest absolute Gasteiger partial charge is 0.0511 e. The summed E-state index contributed by atoms with van der Waals surface area (Å²) in [7, 11) is -0.747. The van der Waals surface area contributed by atoms with Crippen molar-refractivity contribution in [1.29, 1.82) is 0 Å². The number of hydrogen-bond donors (Lipinski definition) is 1. The molecule has 0 amide bonds. The molecule has 0 radical (unpaired) electrons. The largest absolute Gasteiger partial charge is 0.411 e. The average molecular weight is 187 g/mol. The normalized spacial score (nSPS) is 13.5. The van der Waals surface area contributed by atoms with Crippen LogP contribution in [0.5, 0.6) is 0 Å². The quantitative estimate of drug-likeness (QED) is 0.312. The van der Waals surface area contributed by atoms with Crippen LogP contribution in [0.25, 0.3) is 0 Å². The second-order valence-corrected chi connectivity index (χ2v) is 8.59. The Morgan fingerprint density at radius 1 is 1.25 bits per heavy atom. The van der Waals surface area contributed by atoms with Crippen LogP contribution >= 0.6 is 0 Å². The van der Waals surface area contributed by atoms with Gasteiger partial charge in [0, 0.05) is 8.80 Å². The van der Waals surface area contributed by atoms with Gasteiger partial charge in [-0.05, 0) is 13.0 Å². The fourth-order valence-electron chi connectivity index (χ4n) is 1.62.